The number of hydrogen-bond donors (Lipinski definition) is 3. The zero-order chi connectivity index (χ0) is 27.4. The standard InChI is InChI=1S/C28H30O10/c1-12-21(32)36-17-11-23(12,2)19-20(31)27(35)18-14(24(3)13(10-15(18)29)6-5-7-16(24)30)8-9-26(34)22(33)37-25(17,4)28(19,26)38-27/h5,7,10,14-15,17-19,29,34-35H,1,6,8-9,11H2,2-4H3/t14?,15-,17?,18?,19?,23?,24+,25+,26+,27-,28+/m1/s1. The molecule has 3 N–H and O–H groups in total. The van der Waals surface area contributed by atoms with Crippen LogP contribution in [0.4, 0.5) is 0 Å². The summed E-state index contributed by atoms with van der Waals surface area (Å²) < 4.78 is 17.8. The number of carbonyl (C=O) groups is 4. The van der Waals surface area contributed by atoms with Crippen molar-refractivity contribution in [1.82, 2.24) is 0 Å². The van der Waals surface area contributed by atoms with E-state index in [4.69, 9.17) is 14.2 Å². The Balaban J connectivity index is 1.52. The van der Waals surface area contributed by atoms with E-state index in [0.29, 0.717) is 12.0 Å². The molecule has 5 unspecified atom stereocenters. The van der Waals surface area contributed by atoms with Crippen molar-refractivity contribution < 1.29 is 48.7 Å². The molecule has 7 aliphatic rings. The summed E-state index contributed by atoms with van der Waals surface area (Å²) in [6.45, 7) is 8.65. The second-order valence-electron chi connectivity index (χ2n) is 12.7. The largest absolute Gasteiger partial charge is 0.455 e. The van der Waals surface area contributed by atoms with Gasteiger partial charge in [0.05, 0.1) is 23.4 Å². The highest BCUT2D eigenvalue weighted by Gasteiger charge is 2.92. The van der Waals surface area contributed by atoms with Crippen LogP contribution in [0, 0.1) is 28.6 Å². The predicted octanol–water partition coefficient (Wildman–Crippen LogP) is 0.430. The Morgan fingerprint density at radius 2 is 1.82 bits per heavy atom. The van der Waals surface area contributed by atoms with E-state index >= 15 is 0 Å². The number of ether oxygens (including phenoxy) is 3. The Hall–Kier alpha value is -2.66. The van der Waals surface area contributed by atoms with Crippen LogP contribution in [-0.2, 0) is 33.4 Å². The zero-order valence-corrected chi connectivity index (χ0v) is 21.4. The second kappa shape index (κ2) is 6.55. The normalized spacial score (nSPS) is 56.2. The number of carbonyl (C=O) groups excluding carboxylic acids is 4. The molecule has 4 aliphatic heterocycles. The van der Waals surface area contributed by atoms with Crippen LogP contribution < -0.4 is 0 Å². The number of fused-ring (bicyclic) bond motifs is 9. The van der Waals surface area contributed by atoms with Crippen LogP contribution in [0.5, 0.6) is 0 Å². The second-order valence-corrected chi connectivity index (χ2v) is 12.7. The lowest BCUT2D eigenvalue weighted by Gasteiger charge is -2.60. The van der Waals surface area contributed by atoms with Crippen LogP contribution in [0.15, 0.2) is 36.0 Å². The quantitative estimate of drug-likeness (QED) is 0.230. The van der Waals surface area contributed by atoms with Gasteiger partial charge in [0.25, 0.3) is 0 Å². The van der Waals surface area contributed by atoms with Crippen LogP contribution in [0.25, 0.3) is 0 Å². The topological polar surface area (TPSA) is 157 Å². The SMILES string of the molecule is C=C1C(=O)OC2CC1(C)C1C(=O)[C@]3(O)O[C@]14[C@@]2(C)OC(=O)[C@@]4(O)CCC1C3[C@H](O)C=C2CC=CC(=O)[C@@]21C. The average Bonchev–Trinajstić information content (AvgIpc) is 3.19. The number of aliphatic hydroxyl groups is 3. The minimum atomic E-state index is -2.71. The van der Waals surface area contributed by atoms with Crippen molar-refractivity contribution in [2.45, 2.75) is 81.3 Å². The molecule has 0 aromatic heterocycles. The first-order chi connectivity index (χ1) is 17.6. The predicted molar refractivity (Wildman–Crippen MR) is 126 cm³/mol. The van der Waals surface area contributed by atoms with Crippen molar-refractivity contribution in [2.75, 3.05) is 0 Å². The van der Waals surface area contributed by atoms with Crippen LogP contribution in [0.3, 0.4) is 0 Å². The number of Topliss-reactive ketones (excluding diaryl/α,β-unsaturated/α-hetero) is 1. The summed E-state index contributed by atoms with van der Waals surface area (Å²) in [6.07, 6.45) is 2.38. The first-order valence-corrected chi connectivity index (χ1v) is 13.1. The van der Waals surface area contributed by atoms with Crippen molar-refractivity contribution in [1.29, 1.82) is 0 Å². The van der Waals surface area contributed by atoms with Crippen molar-refractivity contribution in [3.8, 4) is 0 Å². The fraction of sp³-hybridized carbons (Fsp3) is 0.643. The van der Waals surface area contributed by atoms with Gasteiger partial charge < -0.3 is 29.5 Å². The summed E-state index contributed by atoms with van der Waals surface area (Å²) in [5, 5.41) is 36.0. The van der Waals surface area contributed by atoms with E-state index in [1.807, 2.05) is 0 Å². The smallest absolute Gasteiger partial charge is 0.342 e. The molecule has 10 nitrogen and oxygen atoms in total. The molecule has 0 radical (unpaired) electrons. The maximum atomic E-state index is 14.6. The summed E-state index contributed by atoms with van der Waals surface area (Å²) in [5.41, 5.74) is -8.34. The van der Waals surface area contributed by atoms with E-state index < -0.39 is 81.1 Å². The molecule has 0 aromatic rings. The molecule has 0 aromatic carbocycles. The number of ketones is 2. The third kappa shape index (κ3) is 2.15. The molecule has 11 atom stereocenters. The van der Waals surface area contributed by atoms with Gasteiger partial charge in [-0.25, -0.2) is 9.59 Å². The van der Waals surface area contributed by atoms with E-state index in [0.717, 1.165) is 0 Å². The van der Waals surface area contributed by atoms with Gasteiger partial charge >= 0.3 is 11.9 Å². The Morgan fingerprint density at radius 1 is 1.11 bits per heavy atom. The molecule has 0 amide bonds. The molecule has 10 heteroatoms. The highest BCUT2D eigenvalue weighted by molar-refractivity contribution is 6.02. The molecule has 3 aliphatic carbocycles. The van der Waals surface area contributed by atoms with Crippen LogP contribution in [0.2, 0.25) is 0 Å². The van der Waals surface area contributed by atoms with E-state index in [-0.39, 0.29) is 30.6 Å². The minimum absolute atomic E-state index is 0.00631. The van der Waals surface area contributed by atoms with Gasteiger partial charge in [-0.1, -0.05) is 31.2 Å². The fourth-order valence-corrected chi connectivity index (χ4v) is 9.26. The monoisotopic (exact) mass is 526 g/mol. The molecule has 1 saturated carbocycles. The first kappa shape index (κ1) is 24.4. The molecular weight excluding hydrogens is 496 g/mol. The Morgan fingerprint density at radius 3 is 2.53 bits per heavy atom. The maximum absolute atomic E-state index is 14.6. The fourth-order valence-electron chi connectivity index (χ4n) is 9.26. The van der Waals surface area contributed by atoms with Crippen LogP contribution in [0.1, 0.15) is 46.5 Å². The highest BCUT2D eigenvalue weighted by Crippen LogP contribution is 2.73. The lowest BCUT2D eigenvalue weighted by Crippen LogP contribution is -2.77. The number of esters is 2. The highest BCUT2D eigenvalue weighted by atomic mass is 16.7. The zero-order valence-electron chi connectivity index (χ0n) is 21.4. The van der Waals surface area contributed by atoms with E-state index in [2.05, 4.69) is 6.58 Å². The van der Waals surface area contributed by atoms with Gasteiger partial charge in [-0.15, -0.1) is 0 Å². The number of aliphatic hydroxyl groups excluding tert-OH is 1. The van der Waals surface area contributed by atoms with Gasteiger partial charge in [-0.05, 0) is 51.5 Å². The van der Waals surface area contributed by atoms with Gasteiger partial charge in [-0.2, -0.15) is 0 Å². The van der Waals surface area contributed by atoms with Gasteiger partial charge in [0.2, 0.25) is 5.79 Å². The molecule has 1 spiro atoms. The van der Waals surface area contributed by atoms with Gasteiger partial charge in [0, 0.05) is 11.0 Å². The maximum Gasteiger partial charge on any atom is 0.342 e. The van der Waals surface area contributed by atoms with Crippen molar-refractivity contribution >= 4 is 23.5 Å². The van der Waals surface area contributed by atoms with E-state index in [9.17, 15) is 34.5 Å². The molecule has 5 fully saturated rings. The number of allylic oxidation sites excluding steroid dienone is 3. The minimum Gasteiger partial charge on any atom is -0.455 e. The molecular formula is C28H30O10. The van der Waals surface area contributed by atoms with Gasteiger partial charge in [0.1, 0.15) is 6.10 Å². The van der Waals surface area contributed by atoms with Crippen molar-refractivity contribution in [3.05, 3.63) is 36.0 Å². The third-order valence-electron chi connectivity index (χ3n) is 11.3. The summed E-state index contributed by atoms with van der Waals surface area (Å²) in [6, 6.07) is 0. The number of rotatable bonds is 0. The van der Waals surface area contributed by atoms with E-state index in [1.54, 1.807) is 19.9 Å². The summed E-state index contributed by atoms with van der Waals surface area (Å²) >= 11 is 0. The summed E-state index contributed by atoms with van der Waals surface area (Å²) in [5.74, 6) is -9.26. The lowest BCUT2D eigenvalue weighted by molar-refractivity contribution is -0.344. The van der Waals surface area contributed by atoms with Gasteiger partial charge in [0.15, 0.2) is 28.4 Å². The third-order valence-corrected chi connectivity index (χ3v) is 11.3. The Kier molecular flexibility index (Phi) is 4.20. The first-order valence-electron chi connectivity index (χ1n) is 13.1. The molecule has 4 heterocycles. The van der Waals surface area contributed by atoms with Crippen LogP contribution >= 0.6 is 0 Å². The Bertz CT molecular complexity index is 1350. The van der Waals surface area contributed by atoms with E-state index in [1.165, 1.54) is 19.1 Å². The summed E-state index contributed by atoms with van der Waals surface area (Å²) in [4.78, 5) is 54.4. The molecule has 4 saturated heterocycles. The Labute approximate surface area is 218 Å². The summed E-state index contributed by atoms with van der Waals surface area (Å²) in [7, 11) is 0. The molecule has 202 valence electrons. The molecule has 4 bridgehead atoms. The van der Waals surface area contributed by atoms with Crippen molar-refractivity contribution in [3.63, 3.8) is 0 Å². The molecule has 7 rings (SSSR count). The van der Waals surface area contributed by atoms with Gasteiger partial charge in [-0.3, -0.25) is 9.59 Å². The van der Waals surface area contributed by atoms with Crippen LogP contribution in [-0.4, -0.2) is 73.6 Å². The lowest BCUT2D eigenvalue weighted by atomic mass is 9.47. The van der Waals surface area contributed by atoms with Crippen molar-refractivity contribution in [2.24, 2.45) is 28.6 Å². The number of hydrogen-bond acceptors (Lipinski definition) is 10. The average molecular weight is 527 g/mol. The molecule has 38 heavy (non-hydrogen) atoms.